The van der Waals surface area contributed by atoms with Gasteiger partial charge in [0.05, 0.1) is 31.1 Å². The first kappa shape index (κ1) is 16.2. The highest BCUT2D eigenvalue weighted by Crippen LogP contribution is 2.29. The molecule has 4 rings (SSSR count). The van der Waals surface area contributed by atoms with Crippen LogP contribution in [0.3, 0.4) is 0 Å². The molecule has 0 amide bonds. The van der Waals surface area contributed by atoms with Gasteiger partial charge >= 0.3 is 0 Å². The van der Waals surface area contributed by atoms with Crippen LogP contribution in [0.25, 0.3) is 0 Å². The largest absolute Gasteiger partial charge is 0.392 e. The molecule has 2 atom stereocenters. The van der Waals surface area contributed by atoms with Gasteiger partial charge in [-0.15, -0.1) is 0 Å². The van der Waals surface area contributed by atoms with E-state index in [1.165, 1.54) is 0 Å². The van der Waals surface area contributed by atoms with Crippen molar-refractivity contribution < 1.29 is 9.84 Å². The summed E-state index contributed by atoms with van der Waals surface area (Å²) < 4.78 is 7.12. The fraction of sp³-hybridized carbons (Fsp3) is 0.778. The smallest absolute Gasteiger partial charge is 0.267 e. The van der Waals surface area contributed by atoms with E-state index in [-0.39, 0.29) is 23.7 Å². The fourth-order valence-electron chi connectivity index (χ4n) is 4.41. The summed E-state index contributed by atoms with van der Waals surface area (Å²) in [5.41, 5.74) is 1.98. The number of aliphatic hydroxyl groups excluding tert-OH is 1. The average Bonchev–Trinajstić information content (AvgIpc) is 3.00. The Kier molecular flexibility index (Phi) is 4.70. The molecule has 3 aliphatic rings. The molecule has 24 heavy (non-hydrogen) atoms. The van der Waals surface area contributed by atoms with Crippen LogP contribution in [0, 0.1) is 0 Å². The molecule has 132 valence electrons. The molecule has 2 aliphatic carbocycles. The van der Waals surface area contributed by atoms with Crippen LogP contribution < -0.4 is 10.9 Å². The zero-order valence-corrected chi connectivity index (χ0v) is 14.1. The second-order valence-corrected chi connectivity index (χ2v) is 7.48. The monoisotopic (exact) mass is 333 g/mol. The molecule has 6 heteroatoms. The maximum Gasteiger partial charge on any atom is 0.267 e. The summed E-state index contributed by atoms with van der Waals surface area (Å²) in [5, 5.41) is 18.2. The Hall–Kier alpha value is -1.24. The Morgan fingerprint density at radius 2 is 2.04 bits per heavy atom. The summed E-state index contributed by atoms with van der Waals surface area (Å²) in [7, 11) is 0. The Labute approximate surface area is 142 Å². The fourth-order valence-corrected chi connectivity index (χ4v) is 4.41. The highest BCUT2D eigenvalue weighted by atomic mass is 16.5. The molecule has 6 nitrogen and oxygen atoms in total. The van der Waals surface area contributed by atoms with Gasteiger partial charge in [-0.3, -0.25) is 4.79 Å². The normalized spacial score (nSPS) is 33.4. The number of rotatable bonds is 3. The van der Waals surface area contributed by atoms with E-state index < -0.39 is 0 Å². The lowest BCUT2D eigenvalue weighted by atomic mass is 9.90. The lowest BCUT2D eigenvalue weighted by molar-refractivity contribution is 0.107. The second kappa shape index (κ2) is 6.94. The van der Waals surface area contributed by atoms with Gasteiger partial charge in [0.25, 0.3) is 5.56 Å². The van der Waals surface area contributed by atoms with Crippen LogP contribution in [0.5, 0.6) is 0 Å². The Bertz CT molecular complexity index is 637. The van der Waals surface area contributed by atoms with Gasteiger partial charge in [0, 0.05) is 30.1 Å². The third kappa shape index (κ3) is 3.27. The molecular formula is C18H27N3O3. The molecule has 2 N–H and O–H groups in total. The number of nitrogens with zero attached hydrogens (tertiary/aromatic N) is 2. The highest BCUT2D eigenvalue weighted by molar-refractivity contribution is 5.19. The van der Waals surface area contributed by atoms with E-state index in [1.54, 1.807) is 10.7 Å². The van der Waals surface area contributed by atoms with Gasteiger partial charge < -0.3 is 15.2 Å². The molecule has 2 saturated carbocycles. The molecule has 0 saturated heterocycles. The number of nitrogens with one attached hydrogen (secondary N) is 1. The van der Waals surface area contributed by atoms with E-state index >= 15 is 0 Å². The highest BCUT2D eigenvalue weighted by Gasteiger charge is 2.30. The van der Waals surface area contributed by atoms with E-state index in [0.29, 0.717) is 19.3 Å². The molecule has 1 aromatic heterocycles. The number of hydrogen-bond donors (Lipinski definition) is 2. The maximum atomic E-state index is 12.4. The van der Waals surface area contributed by atoms with Gasteiger partial charge in [-0.05, 0) is 44.9 Å². The minimum Gasteiger partial charge on any atom is -0.392 e. The van der Waals surface area contributed by atoms with Crippen LogP contribution in [0.15, 0.2) is 10.9 Å². The first-order chi connectivity index (χ1) is 11.7. The van der Waals surface area contributed by atoms with Crippen molar-refractivity contribution in [2.24, 2.45) is 0 Å². The van der Waals surface area contributed by atoms with E-state index in [1.807, 2.05) is 0 Å². The van der Waals surface area contributed by atoms with Crippen molar-refractivity contribution in [2.75, 3.05) is 6.61 Å². The van der Waals surface area contributed by atoms with Crippen molar-refractivity contribution in [1.29, 1.82) is 0 Å². The van der Waals surface area contributed by atoms with Gasteiger partial charge in [0.15, 0.2) is 0 Å². The van der Waals surface area contributed by atoms with Crippen molar-refractivity contribution in [1.82, 2.24) is 15.1 Å². The molecule has 2 heterocycles. The van der Waals surface area contributed by atoms with Crippen LogP contribution in [0.4, 0.5) is 0 Å². The molecule has 1 aliphatic heterocycles. The molecule has 1 aromatic rings. The molecular weight excluding hydrogens is 306 g/mol. The van der Waals surface area contributed by atoms with Gasteiger partial charge in [-0.1, -0.05) is 0 Å². The predicted octanol–water partition coefficient (Wildman–Crippen LogP) is 1.30. The van der Waals surface area contributed by atoms with Crippen LogP contribution in [-0.4, -0.2) is 39.7 Å². The van der Waals surface area contributed by atoms with Crippen LogP contribution >= 0.6 is 0 Å². The molecule has 2 fully saturated rings. The van der Waals surface area contributed by atoms with Crippen LogP contribution in [-0.2, 0) is 17.8 Å². The van der Waals surface area contributed by atoms with E-state index in [4.69, 9.17) is 4.74 Å². The lowest BCUT2D eigenvalue weighted by Gasteiger charge is -2.32. The van der Waals surface area contributed by atoms with Crippen molar-refractivity contribution in [3.05, 3.63) is 27.7 Å². The molecule has 0 spiro atoms. The molecule has 0 aromatic carbocycles. The minimum atomic E-state index is -0.185. The zero-order chi connectivity index (χ0) is 16.5. The van der Waals surface area contributed by atoms with E-state index in [0.717, 1.165) is 62.6 Å². The van der Waals surface area contributed by atoms with Gasteiger partial charge in [0.2, 0.25) is 0 Å². The maximum absolute atomic E-state index is 12.4. The Morgan fingerprint density at radius 3 is 2.79 bits per heavy atom. The van der Waals surface area contributed by atoms with Crippen molar-refractivity contribution in [3.63, 3.8) is 0 Å². The summed E-state index contributed by atoms with van der Waals surface area (Å²) in [5.74, 6) is 0. The Balaban J connectivity index is 1.40. The average molecular weight is 333 g/mol. The van der Waals surface area contributed by atoms with Crippen LogP contribution in [0.1, 0.15) is 62.2 Å². The van der Waals surface area contributed by atoms with E-state index in [2.05, 4.69) is 10.4 Å². The first-order valence-corrected chi connectivity index (χ1v) is 9.34. The van der Waals surface area contributed by atoms with Gasteiger partial charge in [-0.25, -0.2) is 4.68 Å². The molecule has 0 radical (unpaired) electrons. The van der Waals surface area contributed by atoms with Crippen LogP contribution in [0.2, 0.25) is 0 Å². The number of ether oxygens (including phenoxy) is 1. The topological polar surface area (TPSA) is 76.4 Å². The number of aliphatic hydroxyl groups is 1. The summed E-state index contributed by atoms with van der Waals surface area (Å²) >= 11 is 0. The first-order valence-electron chi connectivity index (χ1n) is 9.34. The summed E-state index contributed by atoms with van der Waals surface area (Å²) in [4.78, 5) is 12.4. The summed E-state index contributed by atoms with van der Waals surface area (Å²) in [6, 6.07) is 2.63. The second-order valence-electron chi connectivity index (χ2n) is 7.48. The van der Waals surface area contributed by atoms with Crippen molar-refractivity contribution >= 4 is 0 Å². The number of hydrogen-bond acceptors (Lipinski definition) is 5. The SMILES string of the molecule is O=c1cc2c(nn1C1CCC(NC3CCCC3O)CC1)CCOC2. The summed E-state index contributed by atoms with van der Waals surface area (Å²) in [6.45, 7) is 1.21. The minimum absolute atomic E-state index is 0.00174. The summed E-state index contributed by atoms with van der Waals surface area (Å²) in [6.07, 6.45) is 7.77. The Morgan fingerprint density at radius 1 is 1.21 bits per heavy atom. The van der Waals surface area contributed by atoms with E-state index in [9.17, 15) is 9.90 Å². The third-order valence-electron chi connectivity index (χ3n) is 5.84. The van der Waals surface area contributed by atoms with Gasteiger partial charge in [-0.2, -0.15) is 5.10 Å². The van der Waals surface area contributed by atoms with Crippen molar-refractivity contribution in [3.8, 4) is 0 Å². The standard InChI is InChI=1S/C18H27N3O3/c22-17-3-1-2-16(17)19-13-4-6-14(7-5-13)21-18(23)10-12-11-24-9-8-15(12)20-21/h10,13-14,16-17,19,22H,1-9,11H2. The number of aromatic nitrogens is 2. The lowest BCUT2D eigenvalue weighted by Crippen LogP contribution is -2.45. The number of fused-ring (bicyclic) bond motifs is 1. The van der Waals surface area contributed by atoms with Crippen molar-refractivity contribution in [2.45, 2.75) is 82.2 Å². The third-order valence-corrected chi connectivity index (χ3v) is 5.84. The van der Waals surface area contributed by atoms with Gasteiger partial charge in [0.1, 0.15) is 0 Å². The zero-order valence-electron chi connectivity index (χ0n) is 14.1. The molecule has 2 unspecified atom stereocenters. The molecule has 0 bridgehead atoms. The quantitative estimate of drug-likeness (QED) is 0.872. The predicted molar refractivity (Wildman–Crippen MR) is 89.9 cm³/mol.